The lowest BCUT2D eigenvalue weighted by Crippen LogP contribution is -2.56. The molecule has 1 aliphatic heterocycles. The third kappa shape index (κ3) is 3.43. The summed E-state index contributed by atoms with van der Waals surface area (Å²) in [7, 11) is 0. The molecule has 3 heteroatoms. The van der Waals surface area contributed by atoms with Gasteiger partial charge in [0, 0.05) is 38.1 Å². The molecule has 0 N–H and O–H groups in total. The molecule has 1 aromatic carbocycles. The number of nitrogens with zero attached hydrogens (tertiary/aromatic N) is 2. The summed E-state index contributed by atoms with van der Waals surface area (Å²) in [5.74, 6) is 0.739. The predicted molar refractivity (Wildman–Crippen MR) is 106 cm³/mol. The number of rotatable bonds is 5. The van der Waals surface area contributed by atoms with Gasteiger partial charge in [0.05, 0.1) is 0 Å². The molecule has 1 spiro atoms. The van der Waals surface area contributed by atoms with Crippen molar-refractivity contribution in [2.24, 2.45) is 16.7 Å². The minimum atomic E-state index is 0.300. The van der Waals surface area contributed by atoms with Gasteiger partial charge in [0.2, 0.25) is 5.91 Å². The van der Waals surface area contributed by atoms with Gasteiger partial charge in [-0.15, -0.1) is 0 Å². The van der Waals surface area contributed by atoms with Gasteiger partial charge in [-0.3, -0.25) is 9.69 Å². The molecule has 3 fully saturated rings. The first-order chi connectivity index (χ1) is 12.4. The molecule has 3 nitrogen and oxygen atoms in total. The molecule has 1 heterocycles. The van der Waals surface area contributed by atoms with Gasteiger partial charge in [0.1, 0.15) is 0 Å². The molecule has 142 valence electrons. The van der Waals surface area contributed by atoms with E-state index in [1.54, 1.807) is 0 Å². The van der Waals surface area contributed by atoms with Gasteiger partial charge in [0.25, 0.3) is 0 Å². The summed E-state index contributed by atoms with van der Waals surface area (Å²) in [6.45, 7) is 10.9. The second-order valence-electron chi connectivity index (χ2n) is 9.91. The molecular weight excluding hydrogens is 320 g/mol. The molecule has 3 aliphatic rings. The second kappa shape index (κ2) is 6.67. The third-order valence-electron chi connectivity index (χ3n) is 6.98. The highest BCUT2D eigenvalue weighted by atomic mass is 16.2. The van der Waals surface area contributed by atoms with Crippen LogP contribution in [0.15, 0.2) is 30.3 Å². The Labute approximate surface area is 158 Å². The molecule has 0 aromatic heterocycles. The van der Waals surface area contributed by atoms with E-state index in [2.05, 4.69) is 60.9 Å². The van der Waals surface area contributed by atoms with Crippen LogP contribution in [0, 0.1) is 16.7 Å². The van der Waals surface area contributed by atoms with Crippen molar-refractivity contribution in [3.63, 3.8) is 0 Å². The molecule has 1 aromatic rings. The minimum Gasteiger partial charge on any atom is -0.338 e. The summed E-state index contributed by atoms with van der Waals surface area (Å²) in [6.07, 6.45) is 6.06. The number of amides is 1. The second-order valence-corrected chi connectivity index (χ2v) is 9.91. The highest BCUT2D eigenvalue weighted by Gasteiger charge is 2.58. The van der Waals surface area contributed by atoms with Crippen molar-refractivity contribution in [3.8, 4) is 0 Å². The number of hydrogen-bond acceptors (Lipinski definition) is 2. The molecular formula is C23H34N2O. The highest BCUT2D eigenvalue weighted by Crippen LogP contribution is 2.66. The van der Waals surface area contributed by atoms with Crippen LogP contribution < -0.4 is 0 Å². The average Bonchev–Trinajstić information content (AvgIpc) is 2.99. The zero-order valence-corrected chi connectivity index (χ0v) is 16.7. The fraction of sp³-hybridized carbons (Fsp3) is 0.696. The minimum absolute atomic E-state index is 0.300. The van der Waals surface area contributed by atoms with E-state index >= 15 is 0 Å². The lowest BCUT2D eigenvalue weighted by molar-refractivity contribution is -0.160. The van der Waals surface area contributed by atoms with E-state index < -0.39 is 0 Å². The SMILES string of the molecule is CCN(C(=O)C1CC2(C1)CC(C)(C)C2)C1CCN(Cc2ccccc2)C1. The predicted octanol–water partition coefficient (Wildman–Crippen LogP) is 4.33. The van der Waals surface area contributed by atoms with E-state index in [9.17, 15) is 4.79 Å². The summed E-state index contributed by atoms with van der Waals surface area (Å²) >= 11 is 0. The highest BCUT2D eigenvalue weighted by molar-refractivity contribution is 5.80. The van der Waals surface area contributed by atoms with E-state index in [4.69, 9.17) is 0 Å². The molecule has 1 atom stereocenters. The Morgan fingerprint density at radius 3 is 2.50 bits per heavy atom. The Morgan fingerprint density at radius 1 is 1.19 bits per heavy atom. The Kier molecular flexibility index (Phi) is 4.63. The van der Waals surface area contributed by atoms with Gasteiger partial charge in [-0.2, -0.15) is 0 Å². The smallest absolute Gasteiger partial charge is 0.226 e. The van der Waals surface area contributed by atoms with Crippen molar-refractivity contribution in [1.29, 1.82) is 0 Å². The van der Waals surface area contributed by atoms with E-state index in [1.165, 1.54) is 18.4 Å². The Balaban J connectivity index is 1.30. The molecule has 0 radical (unpaired) electrons. The van der Waals surface area contributed by atoms with Crippen LogP contribution in [0.25, 0.3) is 0 Å². The average molecular weight is 355 g/mol. The van der Waals surface area contributed by atoms with Gasteiger partial charge in [0.15, 0.2) is 0 Å². The van der Waals surface area contributed by atoms with Crippen molar-refractivity contribution in [1.82, 2.24) is 9.80 Å². The zero-order chi connectivity index (χ0) is 18.4. The molecule has 26 heavy (non-hydrogen) atoms. The quantitative estimate of drug-likeness (QED) is 0.786. The van der Waals surface area contributed by atoms with Gasteiger partial charge in [-0.05, 0) is 55.4 Å². The maximum absolute atomic E-state index is 13.1. The number of carbonyl (C=O) groups excluding carboxylic acids is 1. The standard InChI is InChI=1S/C23H34N2O/c1-4-25(21(26)19-12-23(13-19)16-22(2,3)17-23)20-10-11-24(15-20)14-18-8-6-5-7-9-18/h5-9,19-20H,4,10-17H2,1-3H3. The van der Waals surface area contributed by atoms with Crippen molar-refractivity contribution in [2.75, 3.05) is 19.6 Å². The first kappa shape index (κ1) is 18.0. The van der Waals surface area contributed by atoms with E-state index in [0.29, 0.717) is 28.7 Å². The van der Waals surface area contributed by atoms with Crippen molar-refractivity contribution < 1.29 is 4.79 Å². The maximum Gasteiger partial charge on any atom is 0.226 e. The largest absolute Gasteiger partial charge is 0.338 e. The monoisotopic (exact) mass is 354 g/mol. The van der Waals surface area contributed by atoms with Gasteiger partial charge >= 0.3 is 0 Å². The zero-order valence-electron chi connectivity index (χ0n) is 16.7. The van der Waals surface area contributed by atoms with E-state index in [1.807, 2.05) is 0 Å². The first-order valence-electron chi connectivity index (χ1n) is 10.5. The fourth-order valence-corrected chi connectivity index (χ4v) is 6.31. The number of likely N-dealkylation sites (N-methyl/N-ethyl adjacent to an activating group) is 1. The van der Waals surface area contributed by atoms with E-state index in [0.717, 1.165) is 45.4 Å². The normalized spacial score (nSPS) is 27.1. The van der Waals surface area contributed by atoms with Crippen LogP contribution >= 0.6 is 0 Å². The molecule has 0 bridgehead atoms. The fourth-order valence-electron chi connectivity index (χ4n) is 6.31. The van der Waals surface area contributed by atoms with Gasteiger partial charge in [-0.1, -0.05) is 44.2 Å². The number of likely N-dealkylation sites (tertiary alicyclic amines) is 1. The summed E-state index contributed by atoms with van der Waals surface area (Å²) in [5, 5.41) is 0. The van der Waals surface area contributed by atoms with Crippen molar-refractivity contribution >= 4 is 5.91 Å². The molecule has 1 amide bonds. The molecule has 4 rings (SSSR count). The van der Waals surface area contributed by atoms with Crippen molar-refractivity contribution in [2.45, 2.75) is 65.5 Å². The Bertz CT molecular complexity index is 637. The Morgan fingerprint density at radius 2 is 1.88 bits per heavy atom. The Hall–Kier alpha value is -1.35. The van der Waals surface area contributed by atoms with Gasteiger partial charge < -0.3 is 4.90 Å². The van der Waals surface area contributed by atoms with Crippen LogP contribution in [0.1, 0.15) is 58.4 Å². The molecule has 1 saturated heterocycles. The molecule has 1 unspecified atom stereocenters. The number of hydrogen-bond donors (Lipinski definition) is 0. The molecule has 2 aliphatic carbocycles. The van der Waals surface area contributed by atoms with Crippen LogP contribution in [-0.4, -0.2) is 41.4 Å². The van der Waals surface area contributed by atoms with Crippen LogP contribution in [0.5, 0.6) is 0 Å². The number of carbonyl (C=O) groups is 1. The van der Waals surface area contributed by atoms with Crippen LogP contribution in [0.3, 0.4) is 0 Å². The summed E-state index contributed by atoms with van der Waals surface area (Å²) in [6, 6.07) is 11.1. The van der Waals surface area contributed by atoms with Crippen LogP contribution in [0.2, 0.25) is 0 Å². The van der Waals surface area contributed by atoms with Crippen LogP contribution in [-0.2, 0) is 11.3 Å². The summed E-state index contributed by atoms with van der Waals surface area (Å²) in [5.41, 5.74) is 2.41. The summed E-state index contributed by atoms with van der Waals surface area (Å²) in [4.78, 5) is 17.8. The lowest BCUT2D eigenvalue weighted by Gasteiger charge is -2.62. The topological polar surface area (TPSA) is 23.6 Å². The van der Waals surface area contributed by atoms with Crippen molar-refractivity contribution in [3.05, 3.63) is 35.9 Å². The summed E-state index contributed by atoms with van der Waals surface area (Å²) < 4.78 is 0. The molecule has 2 saturated carbocycles. The lowest BCUT2D eigenvalue weighted by atomic mass is 9.43. The van der Waals surface area contributed by atoms with Gasteiger partial charge in [-0.25, -0.2) is 0 Å². The number of benzene rings is 1. The van der Waals surface area contributed by atoms with E-state index in [-0.39, 0.29) is 0 Å². The first-order valence-corrected chi connectivity index (χ1v) is 10.5. The third-order valence-corrected chi connectivity index (χ3v) is 6.98. The van der Waals surface area contributed by atoms with Crippen LogP contribution in [0.4, 0.5) is 0 Å². The maximum atomic E-state index is 13.1.